The molecule has 26 heavy (non-hydrogen) atoms. The van der Waals surface area contributed by atoms with Crippen LogP contribution in [0.4, 0.5) is 10.8 Å². The smallest absolute Gasteiger partial charge is 0.261 e. The first-order chi connectivity index (χ1) is 12.7. The molecule has 2 amide bonds. The van der Waals surface area contributed by atoms with Crippen LogP contribution in [0.2, 0.25) is 0 Å². The Hall–Kier alpha value is -2.71. The number of aromatic nitrogens is 2. The van der Waals surface area contributed by atoms with Crippen LogP contribution in [0, 0.1) is 0 Å². The minimum absolute atomic E-state index is 0.227. The van der Waals surface area contributed by atoms with E-state index in [1.54, 1.807) is 24.3 Å². The van der Waals surface area contributed by atoms with Gasteiger partial charge in [0.1, 0.15) is 0 Å². The lowest BCUT2D eigenvalue weighted by Gasteiger charge is -2.12. The molecule has 0 fully saturated rings. The van der Waals surface area contributed by atoms with Crippen molar-refractivity contribution in [3.05, 3.63) is 65.7 Å². The van der Waals surface area contributed by atoms with E-state index in [2.05, 4.69) is 15.5 Å². The molecule has 2 heterocycles. The second-order valence-electron chi connectivity index (χ2n) is 5.52. The number of imide groups is 1. The number of para-hydroxylation sites is 1. The molecule has 1 aliphatic rings. The highest BCUT2D eigenvalue weighted by atomic mass is 32.2. The lowest BCUT2D eigenvalue weighted by molar-refractivity contribution is 0.0664. The van der Waals surface area contributed by atoms with Gasteiger partial charge in [-0.25, -0.2) is 0 Å². The molecule has 0 aliphatic carbocycles. The second-order valence-corrected chi connectivity index (χ2v) is 7.84. The number of thioether (sulfide) groups is 1. The highest BCUT2D eigenvalue weighted by Crippen LogP contribution is 2.28. The third kappa shape index (κ3) is 3.33. The van der Waals surface area contributed by atoms with Gasteiger partial charge in [-0.2, -0.15) is 0 Å². The Morgan fingerprint density at radius 1 is 0.923 bits per heavy atom. The summed E-state index contributed by atoms with van der Waals surface area (Å²) in [6.07, 6.45) is 0. The lowest BCUT2D eigenvalue weighted by Crippen LogP contribution is -2.31. The van der Waals surface area contributed by atoms with Crippen LogP contribution < -0.4 is 5.32 Å². The summed E-state index contributed by atoms with van der Waals surface area (Å²) < 4.78 is 0.792. The minimum atomic E-state index is -0.227. The molecular formula is C18H14N4O2S2. The summed E-state index contributed by atoms with van der Waals surface area (Å²) in [5.41, 5.74) is 1.91. The van der Waals surface area contributed by atoms with Crippen LogP contribution in [-0.2, 0) is 0 Å². The van der Waals surface area contributed by atoms with E-state index in [1.807, 2.05) is 30.3 Å². The Morgan fingerprint density at radius 2 is 1.58 bits per heavy atom. The van der Waals surface area contributed by atoms with Crippen molar-refractivity contribution >= 4 is 45.7 Å². The molecule has 6 nitrogen and oxygen atoms in total. The average Bonchev–Trinajstić information content (AvgIpc) is 3.21. The zero-order valence-electron chi connectivity index (χ0n) is 13.6. The van der Waals surface area contributed by atoms with Gasteiger partial charge in [-0.1, -0.05) is 53.4 Å². The van der Waals surface area contributed by atoms with E-state index in [0.29, 0.717) is 28.6 Å². The maximum absolute atomic E-state index is 12.3. The number of benzene rings is 2. The largest absolute Gasteiger partial charge is 0.330 e. The van der Waals surface area contributed by atoms with Crippen LogP contribution in [0.15, 0.2) is 58.9 Å². The first-order valence-electron chi connectivity index (χ1n) is 7.96. The van der Waals surface area contributed by atoms with E-state index in [-0.39, 0.29) is 11.8 Å². The number of nitrogens with one attached hydrogen (secondary N) is 1. The number of carbonyl (C=O) groups is 2. The number of hydrogen-bond acceptors (Lipinski definition) is 7. The van der Waals surface area contributed by atoms with Gasteiger partial charge in [-0.3, -0.25) is 14.5 Å². The molecule has 0 spiro atoms. The van der Waals surface area contributed by atoms with Gasteiger partial charge in [-0.05, 0) is 24.3 Å². The molecular weight excluding hydrogens is 368 g/mol. The average molecular weight is 382 g/mol. The summed E-state index contributed by atoms with van der Waals surface area (Å²) in [5.74, 6) is 0.121. The monoisotopic (exact) mass is 382 g/mol. The zero-order chi connectivity index (χ0) is 17.9. The van der Waals surface area contributed by atoms with E-state index >= 15 is 0 Å². The summed E-state index contributed by atoms with van der Waals surface area (Å²) >= 11 is 2.92. The maximum Gasteiger partial charge on any atom is 0.261 e. The standard InChI is InChI=1S/C18H14N4O2S2/c23-15-13-8-4-5-9-14(13)16(24)22(15)10-11-25-18-21-20-17(26-18)19-12-6-2-1-3-7-12/h1-9H,10-11H2,(H,19,20). The van der Waals surface area contributed by atoms with Crippen LogP contribution in [0.25, 0.3) is 0 Å². The molecule has 4 rings (SSSR count). The number of nitrogens with zero attached hydrogens (tertiary/aromatic N) is 3. The van der Waals surface area contributed by atoms with Crippen molar-refractivity contribution in [2.24, 2.45) is 0 Å². The highest BCUT2D eigenvalue weighted by Gasteiger charge is 2.34. The number of anilines is 2. The maximum atomic E-state index is 12.3. The minimum Gasteiger partial charge on any atom is -0.330 e. The highest BCUT2D eigenvalue weighted by molar-refractivity contribution is 8.01. The van der Waals surface area contributed by atoms with Crippen molar-refractivity contribution in [3.63, 3.8) is 0 Å². The third-order valence-corrected chi connectivity index (χ3v) is 5.80. The van der Waals surface area contributed by atoms with Crippen LogP contribution in [-0.4, -0.2) is 39.2 Å². The van der Waals surface area contributed by atoms with Crippen molar-refractivity contribution in [3.8, 4) is 0 Å². The van der Waals surface area contributed by atoms with Gasteiger partial charge in [-0.15, -0.1) is 10.2 Å². The van der Waals surface area contributed by atoms with Gasteiger partial charge in [0, 0.05) is 18.0 Å². The Labute approximate surface area is 158 Å². The fraction of sp³-hybridized carbons (Fsp3) is 0.111. The Balaban J connectivity index is 1.33. The second kappa shape index (κ2) is 7.27. The molecule has 1 aliphatic heterocycles. The Morgan fingerprint density at radius 3 is 2.27 bits per heavy atom. The molecule has 130 valence electrons. The zero-order valence-corrected chi connectivity index (χ0v) is 15.2. The summed E-state index contributed by atoms with van der Waals surface area (Å²) in [6.45, 7) is 0.345. The number of carbonyl (C=O) groups excluding carboxylic acids is 2. The van der Waals surface area contributed by atoms with Gasteiger partial charge in [0.15, 0.2) is 4.34 Å². The van der Waals surface area contributed by atoms with Gasteiger partial charge in [0.05, 0.1) is 11.1 Å². The molecule has 0 atom stereocenters. The van der Waals surface area contributed by atoms with E-state index in [0.717, 1.165) is 10.0 Å². The molecule has 2 aromatic carbocycles. The predicted octanol–water partition coefficient (Wildman–Crippen LogP) is 3.67. The Bertz CT molecular complexity index is 924. The van der Waals surface area contributed by atoms with Crippen LogP contribution in [0.1, 0.15) is 20.7 Å². The molecule has 8 heteroatoms. The third-order valence-electron chi connectivity index (χ3n) is 3.85. The SMILES string of the molecule is O=C1c2ccccc2C(=O)N1CCSc1nnc(Nc2ccccc2)s1. The lowest BCUT2D eigenvalue weighted by atomic mass is 10.1. The van der Waals surface area contributed by atoms with Crippen molar-refractivity contribution in [1.29, 1.82) is 0 Å². The fourth-order valence-corrected chi connectivity index (χ4v) is 4.40. The predicted molar refractivity (Wildman–Crippen MR) is 102 cm³/mol. The van der Waals surface area contributed by atoms with Crippen LogP contribution >= 0.6 is 23.1 Å². The van der Waals surface area contributed by atoms with E-state index in [9.17, 15) is 9.59 Å². The quantitative estimate of drug-likeness (QED) is 0.518. The van der Waals surface area contributed by atoms with Gasteiger partial charge < -0.3 is 5.32 Å². The number of rotatable bonds is 6. The number of fused-ring (bicyclic) bond motifs is 1. The molecule has 0 saturated heterocycles. The summed E-state index contributed by atoms with van der Waals surface area (Å²) in [7, 11) is 0. The van der Waals surface area contributed by atoms with Gasteiger partial charge in [0.25, 0.3) is 11.8 Å². The first kappa shape index (κ1) is 16.7. The summed E-state index contributed by atoms with van der Waals surface area (Å²) in [4.78, 5) is 25.9. The van der Waals surface area contributed by atoms with E-state index in [1.165, 1.54) is 28.0 Å². The summed E-state index contributed by atoms with van der Waals surface area (Å²) in [6, 6.07) is 16.7. The van der Waals surface area contributed by atoms with E-state index in [4.69, 9.17) is 0 Å². The number of hydrogen-bond donors (Lipinski definition) is 1. The molecule has 1 N–H and O–H groups in total. The van der Waals surface area contributed by atoms with Gasteiger partial charge in [0.2, 0.25) is 5.13 Å². The van der Waals surface area contributed by atoms with Crippen LogP contribution in [0.5, 0.6) is 0 Å². The Kier molecular flexibility index (Phi) is 4.68. The molecule has 3 aromatic rings. The summed E-state index contributed by atoms with van der Waals surface area (Å²) in [5, 5.41) is 12.2. The topological polar surface area (TPSA) is 75.2 Å². The van der Waals surface area contributed by atoms with Crippen LogP contribution in [0.3, 0.4) is 0 Å². The van der Waals surface area contributed by atoms with Crippen molar-refractivity contribution in [1.82, 2.24) is 15.1 Å². The fourth-order valence-electron chi connectivity index (χ4n) is 2.63. The molecule has 1 aromatic heterocycles. The van der Waals surface area contributed by atoms with Crippen molar-refractivity contribution in [2.45, 2.75) is 4.34 Å². The molecule has 0 unspecified atom stereocenters. The van der Waals surface area contributed by atoms with E-state index < -0.39 is 0 Å². The molecule has 0 saturated carbocycles. The molecule has 0 bridgehead atoms. The molecule has 0 radical (unpaired) electrons. The van der Waals surface area contributed by atoms with Crippen molar-refractivity contribution in [2.75, 3.05) is 17.6 Å². The first-order valence-corrected chi connectivity index (χ1v) is 9.76. The number of amides is 2. The normalized spacial score (nSPS) is 13.2. The van der Waals surface area contributed by atoms with Crippen molar-refractivity contribution < 1.29 is 9.59 Å². The van der Waals surface area contributed by atoms with Gasteiger partial charge >= 0.3 is 0 Å².